The van der Waals surface area contributed by atoms with Crippen molar-refractivity contribution in [1.82, 2.24) is 4.98 Å². The fraction of sp³-hybridized carbons (Fsp3) is 0.250. The third-order valence-corrected chi connectivity index (χ3v) is 5.03. The lowest BCUT2D eigenvalue weighted by molar-refractivity contribution is -0.111. The van der Waals surface area contributed by atoms with Crippen LogP contribution in [0.15, 0.2) is 60.0 Å². The Morgan fingerprint density at radius 1 is 1.10 bits per heavy atom. The third kappa shape index (κ3) is 6.19. The maximum absolute atomic E-state index is 12.3. The zero-order valence-corrected chi connectivity index (χ0v) is 18.1. The molecule has 1 N–H and O–H groups in total. The molecule has 2 aromatic carbocycles. The maximum Gasteiger partial charge on any atom is 0.250 e. The second kappa shape index (κ2) is 11.2. The van der Waals surface area contributed by atoms with Crippen LogP contribution in [0, 0.1) is 0 Å². The molecular weight excluding hydrogens is 396 g/mol. The fourth-order valence-electron chi connectivity index (χ4n) is 2.74. The van der Waals surface area contributed by atoms with Gasteiger partial charge in [-0.25, -0.2) is 4.98 Å². The third-order valence-electron chi connectivity index (χ3n) is 4.27. The summed E-state index contributed by atoms with van der Waals surface area (Å²) in [5, 5.41) is 5.27. The van der Waals surface area contributed by atoms with Gasteiger partial charge in [0, 0.05) is 17.0 Å². The molecule has 0 fully saturated rings. The first-order chi connectivity index (χ1) is 14.7. The van der Waals surface area contributed by atoms with Gasteiger partial charge in [0.25, 0.3) is 0 Å². The lowest BCUT2D eigenvalue weighted by Gasteiger charge is -2.07. The molecule has 0 aliphatic heterocycles. The van der Waals surface area contributed by atoms with E-state index in [9.17, 15) is 4.79 Å². The Morgan fingerprint density at radius 2 is 1.90 bits per heavy atom. The second-order valence-corrected chi connectivity index (χ2v) is 7.42. The van der Waals surface area contributed by atoms with Gasteiger partial charge in [-0.1, -0.05) is 37.6 Å². The van der Waals surface area contributed by atoms with Crippen LogP contribution >= 0.6 is 11.3 Å². The SMILES string of the molecule is CCCCOc1ccc(C=CC(=O)Nc2nc(-c3ccccc3OCC)cs2)cc1. The van der Waals surface area contributed by atoms with E-state index in [4.69, 9.17) is 9.47 Å². The second-order valence-electron chi connectivity index (χ2n) is 6.56. The molecule has 5 nitrogen and oxygen atoms in total. The molecule has 0 radical (unpaired) electrons. The number of para-hydroxylation sites is 1. The first kappa shape index (κ1) is 21.6. The number of unbranched alkanes of at least 4 members (excludes halogenated alkanes) is 1. The normalized spacial score (nSPS) is 10.9. The zero-order chi connectivity index (χ0) is 21.2. The molecule has 0 atom stereocenters. The van der Waals surface area contributed by atoms with Crippen molar-refractivity contribution in [2.24, 2.45) is 0 Å². The number of hydrogen-bond acceptors (Lipinski definition) is 5. The topological polar surface area (TPSA) is 60.5 Å². The molecule has 3 rings (SSSR count). The molecule has 0 spiro atoms. The van der Waals surface area contributed by atoms with Gasteiger partial charge in [-0.2, -0.15) is 0 Å². The lowest BCUT2D eigenvalue weighted by Crippen LogP contribution is -2.07. The van der Waals surface area contributed by atoms with E-state index in [1.807, 2.05) is 60.8 Å². The molecule has 0 aliphatic carbocycles. The fourth-order valence-corrected chi connectivity index (χ4v) is 3.46. The van der Waals surface area contributed by atoms with Gasteiger partial charge in [0.15, 0.2) is 5.13 Å². The molecular formula is C24H26N2O3S. The number of benzene rings is 2. The lowest BCUT2D eigenvalue weighted by atomic mass is 10.1. The number of nitrogens with zero attached hydrogens (tertiary/aromatic N) is 1. The Morgan fingerprint density at radius 3 is 2.67 bits per heavy atom. The Hall–Kier alpha value is -3.12. The van der Waals surface area contributed by atoms with Crippen LogP contribution in [-0.2, 0) is 4.79 Å². The van der Waals surface area contributed by atoms with E-state index in [-0.39, 0.29) is 5.91 Å². The highest BCUT2D eigenvalue weighted by molar-refractivity contribution is 7.14. The summed E-state index contributed by atoms with van der Waals surface area (Å²) in [4.78, 5) is 16.8. The van der Waals surface area contributed by atoms with Crippen LogP contribution in [0.3, 0.4) is 0 Å². The first-order valence-corrected chi connectivity index (χ1v) is 11.0. The number of hydrogen-bond donors (Lipinski definition) is 1. The molecule has 1 aromatic heterocycles. The van der Waals surface area contributed by atoms with Gasteiger partial charge in [0.05, 0.1) is 18.9 Å². The molecule has 156 valence electrons. The zero-order valence-electron chi connectivity index (χ0n) is 17.3. The summed E-state index contributed by atoms with van der Waals surface area (Å²) in [6.45, 7) is 5.39. The van der Waals surface area contributed by atoms with Gasteiger partial charge in [0.1, 0.15) is 11.5 Å². The van der Waals surface area contributed by atoms with E-state index in [1.165, 1.54) is 17.4 Å². The van der Waals surface area contributed by atoms with Gasteiger partial charge in [-0.05, 0) is 49.2 Å². The Balaban J connectivity index is 1.58. The number of nitrogens with one attached hydrogen (secondary N) is 1. The molecule has 0 unspecified atom stereocenters. The van der Waals surface area contributed by atoms with E-state index >= 15 is 0 Å². The number of anilines is 1. The van der Waals surface area contributed by atoms with Crippen molar-refractivity contribution in [2.45, 2.75) is 26.7 Å². The molecule has 1 amide bonds. The largest absolute Gasteiger partial charge is 0.494 e. The molecule has 6 heteroatoms. The van der Waals surface area contributed by atoms with Crippen LogP contribution in [0.1, 0.15) is 32.3 Å². The Bertz CT molecular complexity index is 980. The molecule has 0 aliphatic rings. The summed E-state index contributed by atoms with van der Waals surface area (Å²) >= 11 is 1.38. The number of carbonyl (C=O) groups is 1. The Labute approximate surface area is 181 Å². The summed E-state index contributed by atoms with van der Waals surface area (Å²) in [6.07, 6.45) is 5.42. The van der Waals surface area contributed by atoms with Crippen molar-refractivity contribution in [3.05, 3.63) is 65.6 Å². The van der Waals surface area contributed by atoms with E-state index in [0.717, 1.165) is 47.8 Å². The van der Waals surface area contributed by atoms with Gasteiger partial charge in [-0.15, -0.1) is 11.3 Å². The van der Waals surface area contributed by atoms with Crippen molar-refractivity contribution < 1.29 is 14.3 Å². The van der Waals surface area contributed by atoms with E-state index in [1.54, 1.807) is 6.08 Å². The van der Waals surface area contributed by atoms with Crippen LogP contribution in [0.4, 0.5) is 5.13 Å². The van der Waals surface area contributed by atoms with Crippen LogP contribution < -0.4 is 14.8 Å². The number of thiazole rings is 1. The monoisotopic (exact) mass is 422 g/mol. The number of amides is 1. The predicted octanol–water partition coefficient (Wildman–Crippen LogP) is 6.04. The highest BCUT2D eigenvalue weighted by Crippen LogP contribution is 2.32. The minimum absolute atomic E-state index is 0.225. The van der Waals surface area contributed by atoms with E-state index in [2.05, 4.69) is 17.2 Å². The van der Waals surface area contributed by atoms with Gasteiger partial charge < -0.3 is 9.47 Å². The minimum atomic E-state index is -0.225. The van der Waals surface area contributed by atoms with Crippen LogP contribution in [0.5, 0.6) is 11.5 Å². The smallest absolute Gasteiger partial charge is 0.250 e. The molecule has 1 heterocycles. The molecule has 30 heavy (non-hydrogen) atoms. The highest BCUT2D eigenvalue weighted by Gasteiger charge is 2.10. The summed E-state index contributed by atoms with van der Waals surface area (Å²) in [5.74, 6) is 1.40. The summed E-state index contributed by atoms with van der Waals surface area (Å²) in [6, 6.07) is 15.4. The molecule has 0 saturated heterocycles. The number of carbonyl (C=O) groups excluding carboxylic acids is 1. The summed E-state index contributed by atoms with van der Waals surface area (Å²) < 4.78 is 11.3. The average Bonchev–Trinajstić information content (AvgIpc) is 3.22. The number of ether oxygens (including phenoxy) is 2. The summed E-state index contributed by atoms with van der Waals surface area (Å²) in [7, 11) is 0. The van der Waals surface area contributed by atoms with Crippen LogP contribution in [0.2, 0.25) is 0 Å². The number of rotatable bonds is 10. The van der Waals surface area contributed by atoms with E-state index in [0.29, 0.717) is 11.7 Å². The van der Waals surface area contributed by atoms with Crippen molar-refractivity contribution in [2.75, 3.05) is 18.5 Å². The quantitative estimate of drug-likeness (QED) is 0.320. The Kier molecular flexibility index (Phi) is 8.03. The number of aromatic nitrogens is 1. The molecule has 0 bridgehead atoms. The highest BCUT2D eigenvalue weighted by atomic mass is 32.1. The standard InChI is InChI=1S/C24H26N2O3S/c1-3-5-16-29-19-13-10-18(11-14-19)12-15-23(27)26-24-25-21(17-30-24)20-8-6-7-9-22(20)28-4-2/h6-15,17H,3-5,16H2,1-2H3,(H,25,26,27). The first-order valence-electron chi connectivity index (χ1n) is 10.1. The minimum Gasteiger partial charge on any atom is -0.494 e. The van der Waals surface area contributed by atoms with Crippen molar-refractivity contribution in [3.63, 3.8) is 0 Å². The average molecular weight is 423 g/mol. The summed E-state index contributed by atoms with van der Waals surface area (Å²) in [5.41, 5.74) is 2.62. The van der Waals surface area contributed by atoms with Gasteiger partial charge >= 0.3 is 0 Å². The van der Waals surface area contributed by atoms with Crippen molar-refractivity contribution in [3.8, 4) is 22.8 Å². The molecule has 0 saturated carbocycles. The van der Waals surface area contributed by atoms with Crippen molar-refractivity contribution in [1.29, 1.82) is 0 Å². The predicted molar refractivity (Wildman–Crippen MR) is 123 cm³/mol. The van der Waals surface area contributed by atoms with Gasteiger partial charge in [0.2, 0.25) is 5.91 Å². The van der Waals surface area contributed by atoms with Crippen molar-refractivity contribution >= 4 is 28.5 Å². The van der Waals surface area contributed by atoms with Gasteiger partial charge in [-0.3, -0.25) is 10.1 Å². The van der Waals surface area contributed by atoms with E-state index < -0.39 is 0 Å². The molecule has 3 aromatic rings. The maximum atomic E-state index is 12.3. The van der Waals surface area contributed by atoms with Crippen LogP contribution in [-0.4, -0.2) is 24.1 Å². The van der Waals surface area contributed by atoms with Crippen LogP contribution in [0.25, 0.3) is 17.3 Å².